The summed E-state index contributed by atoms with van der Waals surface area (Å²) >= 11 is 1.01. The van der Waals surface area contributed by atoms with Crippen LogP contribution in [0.2, 0.25) is 0 Å². The summed E-state index contributed by atoms with van der Waals surface area (Å²) in [6.07, 6.45) is 1.50. The van der Waals surface area contributed by atoms with E-state index in [0.29, 0.717) is 24.4 Å². The second-order valence-electron chi connectivity index (χ2n) is 6.22. The molecule has 1 fully saturated rings. The van der Waals surface area contributed by atoms with Crippen LogP contribution in [0.15, 0.2) is 60.7 Å². The molecule has 0 saturated carbocycles. The fraction of sp³-hybridized carbons (Fsp3) is 0.300. The molecular formula is C20H22N2O2S. The van der Waals surface area contributed by atoms with E-state index in [1.807, 2.05) is 48.5 Å². The fourth-order valence-electron chi connectivity index (χ4n) is 2.89. The highest BCUT2D eigenvalue weighted by Crippen LogP contribution is 2.24. The summed E-state index contributed by atoms with van der Waals surface area (Å²) in [4.78, 5) is 25.3. The summed E-state index contributed by atoms with van der Waals surface area (Å²) in [6.45, 7) is 2.28. The Balaban J connectivity index is 1.71. The first-order chi connectivity index (χ1) is 12.2. The zero-order chi connectivity index (χ0) is 17.5. The molecule has 1 aliphatic heterocycles. The number of hydrogen-bond donors (Lipinski definition) is 1. The van der Waals surface area contributed by atoms with Crippen LogP contribution in [0.1, 0.15) is 28.8 Å². The summed E-state index contributed by atoms with van der Waals surface area (Å²) < 4.78 is 1.61. The van der Waals surface area contributed by atoms with E-state index in [4.69, 9.17) is 0 Å². The van der Waals surface area contributed by atoms with Gasteiger partial charge in [-0.3, -0.25) is 13.9 Å². The van der Waals surface area contributed by atoms with E-state index in [2.05, 4.69) is 5.32 Å². The average molecular weight is 354 g/mol. The molecule has 4 nitrogen and oxygen atoms in total. The first kappa shape index (κ1) is 17.7. The van der Waals surface area contributed by atoms with Gasteiger partial charge < -0.3 is 5.32 Å². The highest BCUT2D eigenvalue weighted by atomic mass is 32.2. The second kappa shape index (κ2) is 8.83. The summed E-state index contributed by atoms with van der Waals surface area (Å²) in [5, 5.41) is 3.19. The summed E-state index contributed by atoms with van der Waals surface area (Å²) in [5.74, 6) is 0.380. The van der Waals surface area contributed by atoms with Crippen LogP contribution in [0.5, 0.6) is 0 Å². The Labute approximate surface area is 152 Å². The first-order valence-electron chi connectivity index (χ1n) is 8.55. The number of benzene rings is 2. The molecule has 25 heavy (non-hydrogen) atoms. The summed E-state index contributed by atoms with van der Waals surface area (Å²) in [5.41, 5.74) is 1.63. The quantitative estimate of drug-likeness (QED) is 0.835. The number of amides is 1. The number of rotatable bonds is 5. The molecule has 0 aromatic heterocycles. The summed E-state index contributed by atoms with van der Waals surface area (Å²) in [6, 6.07) is 18.9. The van der Waals surface area contributed by atoms with Crippen molar-refractivity contribution in [1.82, 2.24) is 9.62 Å². The lowest BCUT2D eigenvalue weighted by Gasteiger charge is -2.22. The Morgan fingerprint density at radius 2 is 1.72 bits per heavy atom. The van der Waals surface area contributed by atoms with Gasteiger partial charge in [0.1, 0.15) is 0 Å². The molecule has 3 rings (SSSR count). The van der Waals surface area contributed by atoms with Crippen LogP contribution in [0, 0.1) is 5.92 Å². The molecule has 1 atom stereocenters. The number of carbonyl (C=O) groups excluding carboxylic acids is 2. The van der Waals surface area contributed by atoms with Crippen LogP contribution < -0.4 is 5.32 Å². The SMILES string of the molecule is O=C(SN(Cc1ccccc1)C(=O)CC1CCNC1)c1ccccc1. The van der Waals surface area contributed by atoms with Gasteiger partial charge in [-0.2, -0.15) is 0 Å². The normalized spacial score (nSPS) is 16.6. The fourth-order valence-corrected chi connectivity index (χ4v) is 3.72. The maximum atomic E-state index is 12.8. The van der Waals surface area contributed by atoms with Gasteiger partial charge in [0.15, 0.2) is 0 Å². The molecule has 0 radical (unpaired) electrons. The Bertz CT molecular complexity index is 700. The van der Waals surface area contributed by atoms with Gasteiger partial charge in [0.05, 0.1) is 6.54 Å². The van der Waals surface area contributed by atoms with Crippen molar-refractivity contribution in [1.29, 1.82) is 0 Å². The van der Waals surface area contributed by atoms with Crippen molar-refractivity contribution >= 4 is 23.0 Å². The summed E-state index contributed by atoms with van der Waals surface area (Å²) in [7, 11) is 0. The monoisotopic (exact) mass is 354 g/mol. The number of carbonyl (C=O) groups is 2. The Morgan fingerprint density at radius 1 is 1.04 bits per heavy atom. The lowest BCUT2D eigenvalue weighted by Crippen LogP contribution is -2.28. The molecule has 1 amide bonds. The third-order valence-electron chi connectivity index (χ3n) is 4.28. The van der Waals surface area contributed by atoms with Gasteiger partial charge in [0, 0.05) is 23.9 Å². The zero-order valence-electron chi connectivity index (χ0n) is 14.1. The van der Waals surface area contributed by atoms with E-state index in [0.717, 1.165) is 37.0 Å². The Hall–Kier alpha value is -2.11. The highest BCUT2D eigenvalue weighted by Gasteiger charge is 2.24. The van der Waals surface area contributed by atoms with Crippen molar-refractivity contribution in [3.8, 4) is 0 Å². The molecule has 0 aliphatic carbocycles. The third-order valence-corrected chi connectivity index (χ3v) is 5.23. The van der Waals surface area contributed by atoms with Crippen molar-refractivity contribution in [2.75, 3.05) is 13.1 Å². The third kappa shape index (κ3) is 5.18. The van der Waals surface area contributed by atoms with Gasteiger partial charge in [-0.05, 0) is 31.0 Å². The minimum Gasteiger partial charge on any atom is -0.316 e. The van der Waals surface area contributed by atoms with E-state index < -0.39 is 0 Å². The Morgan fingerprint density at radius 3 is 2.36 bits per heavy atom. The predicted octanol–water partition coefficient (Wildman–Crippen LogP) is 3.50. The molecule has 1 saturated heterocycles. The van der Waals surface area contributed by atoms with Crippen molar-refractivity contribution in [2.24, 2.45) is 5.92 Å². The van der Waals surface area contributed by atoms with E-state index in [9.17, 15) is 9.59 Å². The van der Waals surface area contributed by atoms with Gasteiger partial charge in [0.25, 0.3) is 0 Å². The van der Waals surface area contributed by atoms with Crippen LogP contribution in [-0.4, -0.2) is 28.4 Å². The molecule has 2 aromatic carbocycles. The van der Waals surface area contributed by atoms with E-state index in [1.165, 1.54) is 0 Å². The van der Waals surface area contributed by atoms with Gasteiger partial charge in [-0.1, -0.05) is 60.7 Å². The molecule has 130 valence electrons. The molecule has 2 aromatic rings. The minimum atomic E-state index is -0.102. The standard InChI is InChI=1S/C20H22N2O2S/c23-19(13-17-11-12-21-14-17)22(15-16-7-3-1-4-8-16)25-20(24)18-9-5-2-6-10-18/h1-10,17,21H,11-15H2. The van der Waals surface area contributed by atoms with Crippen LogP contribution in [0.4, 0.5) is 0 Å². The van der Waals surface area contributed by atoms with Crippen LogP contribution in [0.3, 0.4) is 0 Å². The lowest BCUT2D eigenvalue weighted by atomic mass is 10.0. The molecule has 1 unspecified atom stereocenters. The lowest BCUT2D eigenvalue weighted by molar-refractivity contribution is -0.127. The van der Waals surface area contributed by atoms with Gasteiger partial charge >= 0.3 is 0 Å². The molecule has 5 heteroatoms. The van der Waals surface area contributed by atoms with Crippen molar-refractivity contribution < 1.29 is 9.59 Å². The van der Waals surface area contributed by atoms with Gasteiger partial charge in [0.2, 0.25) is 11.0 Å². The second-order valence-corrected chi connectivity index (χ2v) is 7.22. The van der Waals surface area contributed by atoms with E-state index >= 15 is 0 Å². The minimum absolute atomic E-state index is 0.0202. The van der Waals surface area contributed by atoms with Crippen LogP contribution in [-0.2, 0) is 11.3 Å². The number of hydrogen-bond acceptors (Lipinski definition) is 4. The van der Waals surface area contributed by atoms with Crippen LogP contribution in [0.25, 0.3) is 0 Å². The number of nitrogens with zero attached hydrogens (tertiary/aromatic N) is 1. The molecule has 0 bridgehead atoms. The largest absolute Gasteiger partial charge is 0.316 e. The topological polar surface area (TPSA) is 49.4 Å². The Kier molecular flexibility index (Phi) is 6.25. The molecular weight excluding hydrogens is 332 g/mol. The highest BCUT2D eigenvalue weighted by molar-refractivity contribution is 8.12. The number of nitrogens with one attached hydrogen (secondary N) is 1. The molecule has 0 spiro atoms. The van der Waals surface area contributed by atoms with E-state index in [1.54, 1.807) is 16.4 Å². The van der Waals surface area contributed by atoms with Crippen molar-refractivity contribution in [2.45, 2.75) is 19.4 Å². The van der Waals surface area contributed by atoms with Crippen molar-refractivity contribution in [3.63, 3.8) is 0 Å². The average Bonchev–Trinajstić information content (AvgIpc) is 3.15. The maximum absolute atomic E-state index is 12.8. The molecule has 1 N–H and O–H groups in total. The first-order valence-corrected chi connectivity index (χ1v) is 9.32. The van der Waals surface area contributed by atoms with Crippen molar-refractivity contribution in [3.05, 3.63) is 71.8 Å². The predicted molar refractivity (Wildman–Crippen MR) is 101 cm³/mol. The zero-order valence-corrected chi connectivity index (χ0v) is 14.9. The van der Waals surface area contributed by atoms with Gasteiger partial charge in [-0.25, -0.2) is 0 Å². The van der Waals surface area contributed by atoms with Gasteiger partial charge in [-0.15, -0.1) is 0 Å². The maximum Gasteiger partial charge on any atom is 0.239 e. The molecule has 1 heterocycles. The van der Waals surface area contributed by atoms with Crippen LogP contribution >= 0.6 is 11.9 Å². The molecule has 1 aliphatic rings. The smallest absolute Gasteiger partial charge is 0.239 e. The van der Waals surface area contributed by atoms with E-state index in [-0.39, 0.29) is 11.0 Å².